The minimum Gasteiger partial charge on any atom is -0.450 e. The molecule has 1 aromatic heterocycles. The molecule has 2 saturated heterocycles. The third kappa shape index (κ3) is 3.61. The van der Waals surface area contributed by atoms with Gasteiger partial charge in [0.1, 0.15) is 5.82 Å². The molecule has 0 bridgehead atoms. The number of nitrogens with zero attached hydrogens (tertiary/aromatic N) is 4. The van der Waals surface area contributed by atoms with Crippen molar-refractivity contribution in [2.75, 3.05) is 50.8 Å². The van der Waals surface area contributed by atoms with Crippen molar-refractivity contribution < 1.29 is 14.3 Å². The molecule has 0 saturated carbocycles. The number of anilines is 1. The van der Waals surface area contributed by atoms with Crippen molar-refractivity contribution in [2.24, 2.45) is 0 Å². The van der Waals surface area contributed by atoms with Crippen LogP contribution in [0.4, 0.5) is 10.6 Å². The highest BCUT2D eigenvalue weighted by Gasteiger charge is 2.29. The molecule has 0 atom stereocenters. The van der Waals surface area contributed by atoms with E-state index in [0.717, 1.165) is 42.7 Å². The van der Waals surface area contributed by atoms with Crippen LogP contribution in [0, 0.1) is 0 Å². The van der Waals surface area contributed by atoms with Gasteiger partial charge in [0.25, 0.3) is 5.91 Å². The molecule has 7 nitrogen and oxygen atoms in total. The van der Waals surface area contributed by atoms with Crippen LogP contribution in [0.2, 0.25) is 0 Å². The lowest BCUT2D eigenvalue weighted by molar-refractivity contribution is 0.0571. The van der Waals surface area contributed by atoms with Crippen LogP contribution in [-0.2, 0) is 4.74 Å². The molecule has 2 amide bonds. The van der Waals surface area contributed by atoms with Crippen LogP contribution < -0.4 is 4.90 Å². The quantitative estimate of drug-likeness (QED) is 0.817. The minimum absolute atomic E-state index is 0.0105. The summed E-state index contributed by atoms with van der Waals surface area (Å²) in [6.07, 6.45) is 1.94. The molecule has 0 spiro atoms. The normalized spacial score (nSPS) is 17.2. The van der Waals surface area contributed by atoms with Gasteiger partial charge in [0.2, 0.25) is 0 Å². The maximum absolute atomic E-state index is 13.3. The molecule has 2 fully saturated rings. The van der Waals surface area contributed by atoms with Crippen molar-refractivity contribution in [1.82, 2.24) is 14.8 Å². The number of pyridine rings is 1. The number of benzene rings is 1. The number of rotatable bonds is 3. The van der Waals surface area contributed by atoms with E-state index in [-0.39, 0.29) is 12.0 Å². The maximum Gasteiger partial charge on any atom is 0.409 e. The van der Waals surface area contributed by atoms with Crippen molar-refractivity contribution in [3.05, 3.63) is 35.9 Å². The average Bonchev–Trinajstić information content (AvgIpc) is 3.27. The van der Waals surface area contributed by atoms with Crippen LogP contribution in [-0.4, -0.2) is 72.7 Å². The molecule has 28 heavy (non-hydrogen) atoms. The number of hydrogen-bond donors (Lipinski definition) is 0. The molecule has 148 valence electrons. The number of aromatic nitrogens is 1. The molecule has 0 N–H and O–H groups in total. The van der Waals surface area contributed by atoms with Crippen LogP contribution in [0.5, 0.6) is 0 Å². The summed E-state index contributed by atoms with van der Waals surface area (Å²) in [4.78, 5) is 35.8. The van der Waals surface area contributed by atoms with Crippen LogP contribution in [0.15, 0.2) is 30.3 Å². The fourth-order valence-corrected chi connectivity index (χ4v) is 3.91. The Kier molecular flexibility index (Phi) is 5.32. The van der Waals surface area contributed by atoms with E-state index in [4.69, 9.17) is 9.72 Å². The summed E-state index contributed by atoms with van der Waals surface area (Å²) in [5.74, 6) is 0.776. The highest BCUT2D eigenvalue weighted by molar-refractivity contribution is 6.02. The Hall–Kier alpha value is -2.83. The number of fused-ring (bicyclic) bond motifs is 1. The molecule has 0 unspecified atom stereocenters. The van der Waals surface area contributed by atoms with E-state index >= 15 is 0 Å². The summed E-state index contributed by atoms with van der Waals surface area (Å²) in [5, 5.41) is 0.971. The van der Waals surface area contributed by atoms with Gasteiger partial charge in [0.15, 0.2) is 0 Å². The van der Waals surface area contributed by atoms with Gasteiger partial charge in [0.05, 0.1) is 17.7 Å². The van der Waals surface area contributed by atoms with Gasteiger partial charge in [0, 0.05) is 44.7 Å². The topological polar surface area (TPSA) is 66.0 Å². The molecule has 1 aromatic carbocycles. The Morgan fingerprint density at radius 1 is 1.00 bits per heavy atom. The second kappa shape index (κ2) is 8.04. The van der Waals surface area contributed by atoms with Crippen LogP contribution in [0.25, 0.3) is 10.9 Å². The monoisotopic (exact) mass is 382 g/mol. The number of hydrogen-bond acceptors (Lipinski definition) is 5. The highest BCUT2D eigenvalue weighted by Crippen LogP contribution is 2.28. The highest BCUT2D eigenvalue weighted by atomic mass is 16.6. The van der Waals surface area contributed by atoms with Gasteiger partial charge in [-0.25, -0.2) is 9.78 Å². The fourth-order valence-electron chi connectivity index (χ4n) is 3.91. The Labute approximate surface area is 164 Å². The molecule has 7 heteroatoms. The van der Waals surface area contributed by atoms with Crippen molar-refractivity contribution >= 4 is 28.7 Å². The standard InChI is InChI=1S/C21H26N4O3/c1-2-28-21(27)25-13-11-24(12-14-25)20(26)17-15-16-7-3-4-8-18(16)22-19(17)23-9-5-6-10-23/h3-4,7-8,15H,2,5-6,9-14H2,1H3. The smallest absolute Gasteiger partial charge is 0.409 e. The summed E-state index contributed by atoms with van der Waals surface area (Å²) in [7, 11) is 0. The first kappa shape index (κ1) is 18.5. The lowest BCUT2D eigenvalue weighted by Gasteiger charge is -2.34. The summed E-state index contributed by atoms with van der Waals surface area (Å²) >= 11 is 0. The SMILES string of the molecule is CCOC(=O)N1CCN(C(=O)c2cc3ccccc3nc2N2CCCC2)CC1. The van der Waals surface area contributed by atoms with Gasteiger partial charge in [-0.3, -0.25) is 4.79 Å². The Balaban J connectivity index is 1.58. The molecule has 0 aliphatic carbocycles. The summed E-state index contributed by atoms with van der Waals surface area (Å²) in [6.45, 7) is 6.01. The number of carbonyl (C=O) groups excluding carboxylic acids is 2. The number of carbonyl (C=O) groups is 2. The second-order valence-corrected chi connectivity index (χ2v) is 7.22. The Morgan fingerprint density at radius 2 is 1.68 bits per heavy atom. The number of ether oxygens (including phenoxy) is 1. The van der Waals surface area contributed by atoms with Crippen LogP contribution >= 0.6 is 0 Å². The molecule has 2 aliphatic rings. The molecule has 2 aliphatic heterocycles. The molecule has 4 rings (SSSR count). The van der Waals surface area contributed by atoms with Gasteiger partial charge >= 0.3 is 6.09 Å². The van der Waals surface area contributed by atoms with E-state index < -0.39 is 0 Å². The van der Waals surface area contributed by atoms with Crippen molar-refractivity contribution in [3.8, 4) is 0 Å². The third-order valence-corrected chi connectivity index (χ3v) is 5.43. The van der Waals surface area contributed by atoms with Gasteiger partial charge in [-0.2, -0.15) is 0 Å². The lowest BCUT2D eigenvalue weighted by Crippen LogP contribution is -2.51. The third-order valence-electron chi connectivity index (χ3n) is 5.43. The Bertz CT molecular complexity index is 871. The largest absolute Gasteiger partial charge is 0.450 e. The molecule has 3 heterocycles. The van der Waals surface area contributed by atoms with E-state index in [1.54, 1.807) is 11.8 Å². The zero-order chi connectivity index (χ0) is 19.5. The number of piperazine rings is 1. The van der Waals surface area contributed by atoms with Crippen molar-refractivity contribution in [1.29, 1.82) is 0 Å². The van der Waals surface area contributed by atoms with E-state index in [9.17, 15) is 9.59 Å². The van der Waals surface area contributed by atoms with Gasteiger partial charge in [-0.1, -0.05) is 18.2 Å². The zero-order valence-electron chi connectivity index (χ0n) is 16.3. The van der Waals surface area contributed by atoms with Gasteiger partial charge in [-0.15, -0.1) is 0 Å². The van der Waals surface area contributed by atoms with Crippen LogP contribution in [0.3, 0.4) is 0 Å². The van der Waals surface area contributed by atoms with E-state index in [1.165, 1.54) is 0 Å². The fraction of sp³-hybridized carbons (Fsp3) is 0.476. The first-order valence-corrected chi connectivity index (χ1v) is 10.0. The predicted molar refractivity (Wildman–Crippen MR) is 108 cm³/mol. The summed E-state index contributed by atoms with van der Waals surface area (Å²) in [5.41, 5.74) is 1.57. The summed E-state index contributed by atoms with van der Waals surface area (Å²) in [6, 6.07) is 9.88. The zero-order valence-corrected chi connectivity index (χ0v) is 16.3. The predicted octanol–water partition coefficient (Wildman–Crippen LogP) is 2.75. The van der Waals surface area contributed by atoms with E-state index in [2.05, 4.69) is 4.90 Å². The van der Waals surface area contributed by atoms with Crippen molar-refractivity contribution in [2.45, 2.75) is 19.8 Å². The maximum atomic E-state index is 13.3. The first-order valence-electron chi connectivity index (χ1n) is 10.0. The van der Waals surface area contributed by atoms with E-state index in [0.29, 0.717) is 38.3 Å². The first-order chi connectivity index (χ1) is 13.7. The van der Waals surface area contributed by atoms with E-state index in [1.807, 2.05) is 35.2 Å². The lowest BCUT2D eigenvalue weighted by atomic mass is 10.1. The molecular weight excluding hydrogens is 356 g/mol. The van der Waals surface area contributed by atoms with Crippen molar-refractivity contribution in [3.63, 3.8) is 0 Å². The molecular formula is C21H26N4O3. The van der Waals surface area contributed by atoms with Gasteiger partial charge < -0.3 is 19.4 Å². The average molecular weight is 382 g/mol. The molecule has 0 radical (unpaired) electrons. The number of para-hydroxylation sites is 1. The minimum atomic E-state index is -0.306. The van der Waals surface area contributed by atoms with Crippen LogP contribution in [0.1, 0.15) is 30.1 Å². The second-order valence-electron chi connectivity index (χ2n) is 7.22. The molecule has 2 aromatic rings. The van der Waals surface area contributed by atoms with Gasteiger partial charge in [-0.05, 0) is 31.9 Å². The number of amides is 2. The Morgan fingerprint density at radius 3 is 2.39 bits per heavy atom. The summed E-state index contributed by atoms with van der Waals surface area (Å²) < 4.78 is 5.06.